The molecule has 0 bridgehead atoms. The summed E-state index contributed by atoms with van der Waals surface area (Å²) in [6, 6.07) is 3.46. The van der Waals surface area contributed by atoms with Crippen molar-refractivity contribution >= 4 is 0 Å². The van der Waals surface area contributed by atoms with Crippen molar-refractivity contribution in [3.05, 3.63) is 41.2 Å². The number of ether oxygens (including phenoxy) is 1. The Morgan fingerprint density at radius 2 is 2.05 bits per heavy atom. The molecule has 1 aromatic heterocycles. The number of hydrogen-bond acceptors (Lipinski definition) is 3. The van der Waals surface area contributed by atoms with Gasteiger partial charge in [0, 0.05) is 0 Å². The van der Waals surface area contributed by atoms with E-state index in [-0.39, 0.29) is 0 Å². The van der Waals surface area contributed by atoms with Crippen molar-refractivity contribution in [2.45, 2.75) is 19.0 Å². The fourth-order valence-electron chi connectivity index (χ4n) is 1.76. The van der Waals surface area contributed by atoms with Crippen LogP contribution >= 0.6 is 0 Å². The van der Waals surface area contributed by atoms with Gasteiger partial charge < -0.3 is 4.74 Å². The summed E-state index contributed by atoms with van der Waals surface area (Å²) in [6.07, 6.45) is -1.91. The molecule has 0 radical (unpaired) electrons. The number of benzene rings is 1. The number of aromatic amines is 1. The average Bonchev–Trinajstić information content (AvgIpc) is 2.88. The van der Waals surface area contributed by atoms with Crippen LogP contribution in [0.4, 0.5) is 13.2 Å². The number of nitrogens with one attached hydrogen (secondary N) is 1. The van der Waals surface area contributed by atoms with E-state index in [4.69, 9.17) is 4.74 Å². The van der Waals surface area contributed by atoms with Crippen LogP contribution in [0.3, 0.4) is 0 Å². The lowest BCUT2D eigenvalue weighted by molar-refractivity contribution is -0.137. The van der Waals surface area contributed by atoms with E-state index in [1.165, 1.54) is 13.2 Å². The molecule has 1 N–H and O–H groups in total. The third-order valence-electron chi connectivity index (χ3n) is 2.72. The summed E-state index contributed by atoms with van der Waals surface area (Å²) in [4.78, 5) is 0. The highest BCUT2D eigenvalue weighted by atomic mass is 19.4. The highest BCUT2D eigenvalue weighted by Gasteiger charge is 2.31. The summed E-state index contributed by atoms with van der Waals surface area (Å²) in [7, 11) is 1.43. The van der Waals surface area contributed by atoms with E-state index in [2.05, 4.69) is 15.4 Å². The Bertz CT molecular complexity index is 538. The predicted molar refractivity (Wildman–Crippen MR) is 61.8 cm³/mol. The van der Waals surface area contributed by atoms with Crippen LogP contribution < -0.4 is 4.74 Å². The third kappa shape index (κ3) is 3.24. The zero-order valence-electron chi connectivity index (χ0n) is 10.2. The number of aryl methyl sites for hydroxylation is 2. The summed E-state index contributed by atoms with van der Waals surface area (Å²) < 4.78 is 43.0. The first-order chi connectivity index (χ1) is 9.00. The molecule has 4 nitrogen and oxygen atoms in total. The number of nitrogens with zero attached hydrogens (tertiary/aromatic N) is 2. The minimum absolute atomic E-state index is 0.402. The number of alkyl halides is 3. The second-order valence-corrected chi connectivity index (χ2v) is 3.99. The Labute approximate surface area is 107 Å². The SMILES string of the molecule is COc1ccc(C(F)(F)F)cc1CCc1cn[nH]n1. The zero-order chi connectivity index (χ0) is 13.9. The van der Waals surface area contributed by atoms with Crippen molar-refractivity contribution in [3.63, 3.8) is 0 Å². The summed E-state index contributed by atoms with van der Waals surface area (Å²) in [5.41, 5.74) is 0.517. The summed E-state index contributed by atoms with van der Waals surface area (Å²) >= 11 is 0. The van der Waals surface area contributed by atoms with Crippen LogP contribution in [0.15, 0.2) is 24.4 Å². The lowest BCUT2D eigenvalue weighted by Crippen LogP contribution is -2.06. The maximum Gasteiger partial charge on any atom is 0.416 e. The number of rotatable bonds is 4. The molecule has 1 aromatic carbocycles. The lowest BCUT2D eigenvalue weighted by atomic mass is 10.0. The second kappa shape index (κ2) is 5.29. The Morgan fingerprint density at radius 1 is 1.26 bits per heavy atom. The molecule has 0 aliphatic rings. The van der Waals surface area contributed by atoms with Crippen molar-refractivity contribution in [1.82, 2.24) is 15.4 Å². The molecule has 19 heavy (non-hydrogen) atoms. The van der Waals surface area contributed by atoms with Gasteiger partial charge in [0.05, 0.1) is 24.6 Å². The Hall–Kier alpha value is -2.05. The van der Waals surface area contributed by atoms with Crippen molar-refractivity contribution in [1.29, 1.82) is 0 Å². The largest absolute Gasteiger partial charge is 0.496 e. The van der Waals surface area contributed by atoms with Gasteiger partial charge in [0.2, 0.25) is 0 Å². The van der Waals surface area contributed by atoms with Gasteiger partial charge in [-0.1, -0.05) is 0 Å². The number of hydrogen-bond donors (Lipinski definition) is 1. The maximum atomic E-state index is 12.6. The molecule has 0 atom stereocenters. The second-order valence-electron chi connectivity index (χ2n) is 3.99. The van der Waals surface area contributed by atoms with E-state index in [1.54, 1.807) is 6.20 Å². The van der Waals surface area contributed by atoms with E-state index in [9.17, 15) is 13.2 Å². The van der Waals surface area contributed by atoms with Gasteiger partial charge >= 0.3 is 6.18 Å². The van der Waals surface area contributed by atoms with E-state index < -0.39 is 11.7 Å². The molecule has 0 aliphatic heterocycles. The molecule has 7 heteroatoms. The fourth-order valence-corrected chi connectivity index (χ4v) is 1.76. The predicted octanol–water partition coefficient (Wildman–Crippen LogP) is 2.62. The Kier molecular flexibility index (Phi) is 3.73. The van der Waals surface area contributed by atoms with E-state index in [1.807, 2.05) is 0 Å². The molecule has 0 saturated carbocycles. The van der Waals surface area contributed by atoms with Gasteiger partial charge in [-0.05, 0) is 36.6 Å². The summed E-state index contributed by atoms with van der Waals surface area (Å²) in [5, 5.41) is 9.96. The van der Waals surface area contributed by atoms with Crippen molar-refractivity contribution in [3.8, 4) is 5.75 Å². The smallest absolute Gasteiger partial charge is 0.416 e. The van der Waals surface area contributed by atoms with Crippen LogP contribution in [0, 0.1) is 0 Å². The van der Waals surface area contributed by atoms with E-state index in [0.29, 0.717) is 29.8 Å². The Balaban J connectivity index is 2.21. The molecule has 0 unspecified atom stereocenters. The van der Waals surface area contributed by atoms with Gasteiger partial charge in [-0.3, -0.25) is 0 Å². The molecule has 102 valence electrons. The van der Waals surface area contributed by atoms with Crippen LogP contribution in [0.25, 0.3) is 0 Å². The van der Waals surface area contributed by atoms with E-state index >= 15 is 0 Å². The van der Waals surface area contributed by atoms with Gasteiger partial charge in [-0.25, -0.2) is 0 Å². The molecule has 2 aromatic rings. The molecule has 0 aliphatic carbocycles. The zero-order valence-corrected chi connectivity index (χ0v) is 10.2. The fraction of sp³-hybridized carbons (Fsp3) is 0.333. The molecule has 2 rings (SSSR count). The first-order valence-corrected chi connectivity index (χ1v) is 5.59. The maximum absolute atomic E-state index is 12.6. The molecular weight excluding hydrogens is 259 g/mol. The van der Waals surface area contributed by atoms with Crippen LogP contribution in [0.2, 0.25) is 0 Å². The quantitative estimate of drug-likeness (QED) is 0.930. The van der Waals surface area contributed by atoms with Crippen LogP contribution in [0.1, 0.15) is 16.8 Å². The highest BCUT2D eigenvalue weighted by Crippen LogP contribution is 2.32. The minimum atomic E-state index is -4.35. The molecular formula is C12H12F3N3O. The highest BCUT2D eigenvalue weighted by molar-refractivity contribution is 5.38. The van der Waals surface area contributed by atoms with Crippen molar-refractivity contribution in [2.24, 2.45) is 0 Å². The number of methoxy groups -OCH3 is 1. The standard InChI is InChI=1S/C12H12F3N3O/c1-19-11-5-3-9(12(13,14)15)6-8(11)2-4-10-7-16-18-17-10/h3,5-7H,2,4H2,1H3,(H,16,17,18). The first-order valence-electron chi connectivity index (χ1n) is 5.59. The van der Waals surface area contributed by atoms with Crippen molar-refractivity contribution < 1.29 is 17.9 Å². The van der Waals surface area contributed by atoms with Gasteiger partial charge in [0.15, 0.2) is 0 Å². The van der Waals surface area contributed by atoms with Gasteiger partial charge in [0.25, 0.3) is 0 Å². The third-order valence-corrected chi connectivity index (χ3v) is 2.72. The normalized spacial score (nSPS) is 11.6. The van der Waals surface area contributed by atoms with Gasteiger partial charge in [-0.2, -0.15) is 28.6 Å². The van der Waals surface area contributed by atoms with Gasteiger partial charge in [0.1, 0.15) is 5.75 Å². The molecule has 1 heterocycles. The minimum Gasteiger partial charge on any atom is -0.496 e. The first kappa shape index (κ1) is 13.4. The van der Waals surface area contributed by atoms with E-state index in [0.717, 1.165) is 12.1 Å². The van der Waals surface area contributed by atoms with Crippen molar-refractivity contribution in [2.75, 3.05) is 7.11 Å². The molecule has 0 fully saturated rings. The molecule has 0 amide bonds. The number of H-pyrrole nitrogens is 1. The Morgan fingerprint density at radius 3 is 2.63 bits per heavy atom. The molecule has 0 spiro atoms. The van der Waals surface area contributed by atoms with Crippen LogP contribution in [0.5, 0.6) is 5.75 Å². The van der Waals surface area contributed by atoms with Gasteiger partial charge in [-0.15, -0.1) is 0 Å². The molecule has 0 saturated heterocycles. The monoisotopic (exact) mass is 271 g/mol. The van der Waals surface area contributed by atoms with Crippen LogP contribution in [-0.4, -0.2) is 22.5 Å². The summed E-state index contributed by atoms with van der Waals surface area (Å²) in [6.45, 7) is 0. The number of aromatic nitrogens is 3. The lowest BCUT2D eigenvalue weighted by Gasteiger charge is -2.12. The van der Waals surface area contributed by atoms with Crippen LogP contribution in [-0.2, 0) is 19.0 Å². The number of halogens is 3. The average molecular weight is 271 g/mol. The summed E-state index contributed by atoms with van der Waals surface area (Å²) in [5.74, 6) is 0.441. The topological polar surface area (TPSA) is 50.8 Å².